The minimum atomic E-state index is -0.645. The van der Waals surface area contributed by atoms with E-state index < -0.39 is 5.91 Å². The molecule has 0 atom stereocenters. The van der Waals surface area contributed by atoms with Crippen LogP contribution < -0.4 is 10.4 Å². The monoisotopic (exact) mass is 378 g/mol. The highest BCUT2D eigenvalue weighted by Crippen LogP contribution is 2.16. The number of rotatable bonds is 5. The van der Waals surface area contributed by atoms with E-state index in [1.54, 1.807) is 24.4 Å². The molecule has 2 heterocycles. The minimum absolute atomic E-state index is 0.0559. The predicted molar refractivity (Wildman–Crippen MR) is 107 cm³/mol. The molecule has 0 saturated carbocycles. The van der Waals surface area contributed by atoms with Crippen LogP contribution in [0.4, 0.5) is 5.69 Å². The first-order valence-corrected chi connectivity index (χ1v) is 9.01. The van der Waals surface area contributed by atoms with Crippen molar-refractivity contribution in [3.63, 3.8) is 0 Å². The van der Waals surface area contributed by atoms with Crippen molar-refractivity contribution >= 4 is 29.7 Å². The van der Waals surface area contributed by atoms with E-state index >= 15 is 0 Å². The van der Waals surface area contributed by atoms with Crippen LogP contribution >= 0.6 is 0 Å². The van der Waals surface area contributed by atoms with Crippen molar-refractivity contribution in [1.29, 1.82) is 0 Å². The number of hydrogen-bond donors (Lipinski definition) is 2. The summed E-state index contributed by atoms with van der Waals surface area (Å²) in [4.78, 5) is 31.9. The molecule has 7 heteroatoms. The Hall–Kier alpha value is -3.45. The molecule has 1 fully saturated rings. The van der Waals surface area contributed by atoms with Crippen LogP contribution in [-0.2, 0) is 9.59 Å². The molecular formula is C21H22N4O3. The van der Waals surface area contributed by atoms with Gasteiger partial charge < -0.3 is 9.80 Å². The van der Waals surface area contributed by atoms with Crippen LogP contribution in [0.25, 0.3) is 12.2 Å². The summed E-state index contributed by atoms with van der Waals surface area (Å²) in [6.07, 6.45) is 7.46. The van der Waals surface area contributed by atoms with Crippen molar-refractivity contribution < 1.29 is 14.8 Å². The third-order valence-electron chi connectivity index (χ3n) is 4.49. The third kappa shape index (κ3) is 5.05. The third-order valence-corrected chi connectivity index (χ3v) is 4.49. The molecule has 1 aromatic carbocycles. The SMILES string of the molecule is O=C(/C=C/c1ncccc1/C=C/C(=O)N1CCN(c2ccccc2)CC1)NO. The molecule has 1 aromatic heterocycles. The van der Waals surface area contributed by atoms with Gasteiger partial charge in [0, 0.05) is 55.8 Å². The quantitative estimate of drug-likeness (QED) is 0.472. The van der Waals surface area contributed by atoms with Gasteiger partial charge in [-0.25, -0.2) is 5.48 Å². The Bertz CT molecular complexity index is 872. The molecule has 1 saturated heterocycles. The van der Waals surface area contributed by atoms with E-state index in [4.69, 9.17) is 5.21 Å². The number of aromatic nitrogens is 1. The fourth-order valence-corrected chi connectivity index (χ4v) is 2.99. The highest BCUT2D eigenvalue weighted by Gasteiger charge is 2.19. The first kappa shape index (κ1) is 19.3. The molecule has 28 heavy (non-hydrogen) atoms. The van der Waals surface area contributed by atoms with Gasteiger partial charge in [-0.05, 0) is 30.4 Å². The van der Waals surface area contributed by atoms with E-state index in [1.165, 1.54) is 29.4 Å². The van der Waals surface area contributed by atoms with Crippen LogP contribution in [0.3, 0.4) is 0 Å². The van der Waals surface area contributed by atoms with Crippen LogP contribution in [0.2, 0.25) is 0 Å². The van der Waals surface area contributed by atoms with Gasteiger partial charge in [0.15, 0.2) is 0 Å². The lowest BCUT2D eigenvalue weighted by Crippen LogP contribution is -2.48. The fourth-order valence-electron chi connectivity index (χ4n) is 2.99. The Morgan fingerprint density at radius 3 is 2.43 bits per heavy atom. The lowest BCUT2D eigenvalue weighted by molar-refractivity contribution is -0.126. The summed E-state index contributed by atoms with van der Waals surface area (Å²) >= 11 is 0. The molecular weight excluding hydrogens is 356 g/mol. The number of carbonyl (C=O) groups excluding carboxylic acids is 2. The van der Waals surface area contributed by atoms with Gasteiger partial charge in [-0.2, -0.15) is 0 Å². The summed E-state index contributed by atoms with van der Waals surface area (Å²) in [6.45, 7) is 2.91. The molecule has 1 aliphatic heterocycles. The Morgan fingerprint density at radius 1 is 0.964 bits per heavy atom. The first-order valence-electron chi connectivity index (χ1n) is 9.01. The topological polar surface area (TPSA) is 85.8 Å². The second-order valence-electron chi connectivity index (χ2n) is 6.27. The number of carbonyl (C=O) groups is 2. The number of para-hydroxylation sites is 1. The van der Waals surface area contributed by atoms with Gasteiger partial charge in [-0.3, -0.25) is 19.8 Å². The molecule has 2 amide bonds. The molecule has 3 rings (SSSR count). The maximum Gasteiger partial charge on any atom is 0.267 e. The molecule has 0 radical (unpaired) electrons. The van der Waals surface area contributed by atoms with E-state index in [9.17, 15) is 9.59 Å². The van der Waals surface area contributed by atoms with Crippen LogP contribution in [0, 0.1) is 0 Å². The highest BCUT2D eigenvalue weighted by molar-refractivity contribution is 5.93. The number of anilines is 1. The van der Waals surface area contributed by atoms with Crippen LogP contribution in [0.5, 0.6) is 0 Å². The fraction of sp³-hybridized carbons (Fsp3) is 0.190. The summed E-state index contributed by atoms with van der Waals surface area (Å²) in [7, 11) is 0. The van der Waals surface area contributed by atoms with E-state index in [1.807, 2.05) is 23.1 Å². The van der Waals surface area contributed by atoms with Crippen LogP contribution in [0.1, 0.15) is 11.3 Å². The van der Waals surface area contributed by atoms with E-state index in [0.29, 0.717) is 24.3 Å². The number of benzene rings is 1. The largest absolute Gasteiger partial charge is 0.368 e. The Kier molecular flexibility index (Phi) is 6.54. The van der Waals surface area contributed by atoms with Gasteiger partial charge in [-0.1, -0.05) is 24.3 Å². The smallest absolute Gasteiger partial charge is 0.267 e. The summed E-state index contributed by atoms with van der Waals surface area (Å²) in [5, 5.41) is 8.56. The molecule has 0 bridgehead atoms. The summed E-state index contributed by atoms with van der Waals surface area (Å²) < 4.78 is 0. The van der Waals surface area contributed by atoms with Gasteiger partial charge >= 0.3 is 0 Å². The first-order chi connectivity index (χ1) is 13.7. The second-order valence-corrected chi connectivity index (χ2v) is 6.27. The zero-order valence-corrected chi connectivity index (χ0v) is 15.4. The molecule has 0 spiro atoms. The van der Waals surface area contributed by atoms with Crippen molar-refractivity contribution in [2.45, 2.75) is 0 Å². The normalized spacial score (nSPS) is 14.6. The highest BCUT2D eigenvalue weighted by atomic mass is 16.5. The lowest BCUT2D eigenvalue weighted by atomic mass is 10.1. The number of piperazine rings is 1. The summed E-state index contributed by atoms with van der Waals surface area (Å²) in [6, 6.07) is 13.7. The Labute approximate surface area is 163 Å². The van der Waals surface area contributed by atoms with E-state index in [0.717, 1.165) is 13.1 Å². The van der Waals surface area contributed by atoms with Crippen molar-refractivity contribution in [3.05, 3.63) is 72.1 Å². The maximum absolute atomic E-state index is 12.5. The van der Waals surface area contributed by atoms with Gasteiger partial charge in [0.05, 0.1) is 5.69 Å². The van der Waals surface area contributed by atoms with Gasteiger partial charge in [0.1, 0.15) is 0 Å². The number of hydrogen-bond acceptors (Lipinski definition) is 5. The average molecular weight is 378 g/mol. The average Bonchev–Trinajstić information content (AvgIpc) is 2.77. The van der Waals surface area contributed by atoms with Crippen molar-refractivity contribution in [3.8, 4) is 0 Å². The Morgan fingerprint density at radius 2 is 1.71 bits per heavy atom. The number of amides is 2. The molecule has 2 N–H and O–H groups in total. The van der Waals surface area contributed by atoms with Crippen LogP contribution in [-0.4, -0.2) is 53.1 Å². The van der Waals surface area contributed by atoms with Gasteiger partial charge in [0.25, 0.3) is 5.91 Å². The molecule has 1 aliphatic rings. The molecule has 144 valence electrons. The van der Waals surface area contributed by atoms with Gasteiger partial charge in [0.2, 0.25) is 5.91 Å². The number of nitrogens with zero attached hydrogens (tertiary/aromatic N) is 3. The number of hydroxylamine groups is 1. The summed E-state index contributed by atoms with van der Waals surface area (Å²) in [5.41, 5.74) is 3.94. The molecule has 0 aliphatic carbocycles. The predicted octanol–water partition coefficient (Wildman–Crippen LogP) is 1.96. The molecule has 7 nitrogen and oxygen atoms in total. The molecule has 0 unspecified atom stereocenters. The maximum atomic E-state index is 12.5. The van der Waals surface area contributed by atoms with Crippen molar-refractivity contribution in [2.75, 3.05) is 31.1 Å². The molecule has 2 aromatic rings. The minimum Gasteiger partial charge on any atom is -0.368 e. The zero-order chi connectivity index (χ0) is 19.8. The number of nitrogens with one attached hydrogen (secondary N) is 1. The second kappa shape index (κ2) is 9.48. The lowest BCUT2D eigenvalue weighted by Gasteiger charge is -2.35. The van der Waals surface area contributed by atoms with E-state index in [-0.39, 0.29) is 5.91 Å². The Balaban J connectivity index is 1.60. The zero-order valence-electron chi connectivity index (χ0n) is 15.4. The summed E-state index contributed by atoms with van der Waals surface area (Å²) in [5.74, 6) is -0.701. The standard InChI is InChI=1S/C21H22N4O3/c26-20(23-28)10-9-19-17(5-4-12-22-19)8-11-21(27)25-15-13-24(14-16-25)18-6-2-1-3-7-18/h1-12,28H,13-16H2,(H,23,26)/b10-9+,11-8+. The van der Waals surface area contributed by atoms with Crippen LogP contribution in [0.15, 0.2) is 60.8 Å². The van der Waals surface area contributed by atoms with Crippen molar-refractivity contribution in [2.24, 2.45) is 0 Å². The number of pyridine rings is 1. The van der Waals surface area contributed by atoms with Gasteiger partial charge in [-0.15, -0.1) is 0 Å². The van der Waals surface area contributed by atoms with Crippen molar-refractivity contribution in [1.82, 2.24) is 15.4 Å². The van der Waals surface area contributed by atoms with E-state index in [2.05, 4.69) is 22.0 Å².